The fourth-order valence-corrected chi connectivity index (χ4v) is 4.41. The third-order valence-electron chi connectivity index (χ3n) is 4.37. The van der Waals surface area contributed by atoms with Crippen LogP contribution < -0.4 is 5.32 Å². The third kappa shape index (κ3) is 3.77. The highest BCUT2D eigenvalue weighted by atomic mass is 32.1. The number of nitrogens with zero attached hydrogens (tertiary/aromatic N) is 1. The van der Waals surface area contributed by atoms with E-state index in [1.807, 2.05) is 16.8 Å². The lowest BCUT2D eigenvalue weighted by Crippen LogP contribution is -2.41. The highest BCUT2D eigenvalue weighted by Gasteiger charge is 2.25. The lowest BCUT2D eigenvalue weighted by Gasteiger charge is -2.36. The van der Waals surface area contributed by atoms with Gasteiger partial charge in [0, 0.05) is 22.4 Å². The fraction of sp³-hybridized carbons (Fsp3) is 0.471. The van der Waals surface area contributed by atoms with Crippen LogP contribution in [0.5, 0.6) is 0 Å². The van der Waals surface area contributed by atoms with Gasteiger partial charge in [-0.25, -0.2) is 0 Å². The highest BCUT2D eigenvalue weighted by Crippen LogP contribution is 2.29. The van der Waals surface area contributed by atoms with E-state index in [1.165, 1.54) is 17.7 Å². The van der Waals surface area contributed by atoms with Crippen molar-refractivity contribution in [3.63, 3.8) is 0 Å². The summed E-state index contributed by atoms with van der Waals surface area (Å²) in [6.45, 7) is 5.26. The molecule has 1 fully saturated rings. The molecule has 0 spiro atoms. The molecule has 0 aromatic carbocycles. The summed E-state index contributed by atoms with van der Waals surface area (Å²) in [6, 6.07) is 6.46. The van der Waals surface area contributed by atoms with Gasteiger partial charge in [0.25, 0.3) is 5.91 Å². The van der Waals surface area contributed by atoms with E-state index in [2.05, 4.69) is 34.7 Å². The van der Waals surface area contributed by atoms with Gasteiger partial charge in [-0.05, 0) is 54.7 Å². The number of rotatable bonds is 5. The van der Waals surface area contributed by atoms with Crippen LogP contribution in [0.2, 0.25) is 0 Å². The summed E-state index contributed by atoms with van der Waals surface area (Å²) < 4.78 is 0. The summed E-state index contributed by atoms with van der Waals surface area (Å²) in [5, 5.41) is 9.08. The van der Waals surface area contributed by atoms with E-state index in [-0.39, 0.29) is 5.91 Å². The molecule has 1 atom stereocenters. The molecule has 0 bridgehead atoms. The van der Waals surface area contributed by atoms with Crippen molar-refractivity contribution in [2.24, 2.45) is 5.92 Å². The van der Waals surface area contributed by atoms with Crippen molar-refractivity contribution in [2.75, 3.05) is 19.6 Å². The van der Waals surface area contributed by atoms with Crippen LogP contribution in [0, 0.1) is 5.92 Å². The molecule has 5 heteroatoms. The molecule has 2 aromatic heterocycles. The molecule has 1 saturated heterocycles. The largest absolute Gasteiger partial charge is 0.350 e. The summed E-state index contributed by atoms with van der Waals surface area (Å²) in [6.07, 6.45) is 2.50. The monoisotopic (exact) mass is 334 g/mol. The molecular formula is C17H22N2OS2. The maximum atomic E-state index is 12.2. The fourth-order valence-electron chi connectivity index (χ4n) is 2.92. The Morgan fingerprint density at radius 1 is 1.36 bits per heavy atom. The maximum Gasteiger partial charge on any atom is 0.252 e. The van der Waals surface area contributed by atoms with E-state index in [0.29, 0.717) is 12.6 Å². The molecule has 0 radical (unpaired) electrons. The number of amides is 1. The first-order valence-electron chi connectivity index (χ1n) is 7.82. The van der Waals surface area contributed by atoms with Crippen molar-refractivity contribution in [3.05, 3.63) is 44.8 Å². The van der Waals surface area contributed by atoms with Gasteiger partial charge in [-0.15, -0.1) is 11.3 Å². The Morgan fingerprint density at radius 2 is 2.18 bits per heavy atom. The molecule has 0 aliphatic carbocycles. The zero-order chi connectivity index (χ0) is 15.4. The van der Waals surface area contributed by atoms with E-state index in [4.69, 9.17) is 0 Å². The number of piperidine rings is 1. The van der Waals surface area contributed by atoms with Gasteiger partial charge < -0.3 is 5.32 Å². The predicted molar refractivity (Wildman–Crippen MR) is 93.7 cm³/mol. The van der Waals surface area contributed by atoms with Crippen LogP contribution in [0.4, 0.5) is 0 Å². The van der Waals surface area contributed by atoms with Crippen LogP contribution in [-0.4, -0.2) is 30.4 Å². The molecule has 22 heavy (non-hydrogen) atoms. The molecule has 1 aliphatic heterocycles. The van der Waals surface area contributed by atoms with Gasteiger partial charge in [0.2, 0.25) is 0 Å². The van der Waals surface area contributed by atoms with Crippen LogP contribution in [0.15, 0.2) is 34.3 Å². The summed E-state index contributed by atoms with van der Waals surface area (Å²) in [7, 11) is 0. The Kier molecular flexibility index (Phi) is 5.28. The first-order valence-corrected chi connectivity index (χ1v) is 9.64. The average Bonchev–Trinajstić information content (AvgIpc) is 3.22. The minimum absolute atomic E-state index is 0.0354. The van der Waals surface area contributed by atoms with Crippen molar-refractivity contribution in [2.45, 2.75) is 25.8 Å². The first-order chi connectivity index (χ1) is 10.7. The predicted octanol–water partition coefficient (Wildman–Crippen LogP) is 4.01. The molecule has 1 amide bonds. The molecule has 1 N–H and O–H groups in total. The van der Waals surface area contributed by atoms with Crippen LogP contribution in [0.3, 0.4) is 0 Å². The van der Waals surface area contributed by atoms with Crippen LogP contribution in [0.25, 0.3) is 0 Å². The number of nitrogens with one attached hydrogen (secondary N) is 1. The standard InChI is InChI=1S/C17H22N2OS2/c1-13-4-7-19(8-5-13)15(16-3-2-9-22-16)11-18-17(20)14-6-10-21-12-14/h2-3,6,9-10,12-13,15H,4-5,7-8,11H2,1H3,(H,18,20). The number of carbonyl (C=O) groups is 1. The van der Waals surface area contributed by atoms with Crippen molar-refractivity contribution in [1.82, 2.24) is 10.2 Å². The summed E-state index contributed by atoms with van der Waals surface area (Å²) in [4.78, 5) is 16.1. The molecule has 3 nitrogen and oxygen atoms in total. The summed E-state index contributed by atoms with van der Waals surface area (Å²) in [5.41, 5.74) is 0.766. The molecule has 0 saturated carbocycles. The van der Waals surface area contributed by atoms with Gasteiger partial charge in [-0.2, -0.15) is 11.3 Å². The van der Waals surface area contributed by atoms with Crippen molar-refractivity contribution >= 4 is 28.6 Å². The first kappa shape index (κ1) is 15.7. The van der Waals surface area contributed by atoms with Gasteiger partial charge >= 0.3 is 0 Å². The number of likely N-dealkylation sites (tertiary alicyclic amines) is 1. The molecular weight excluding hydrogens is 312 g/mol. The smallest absolute Gasteiger partial charge is 0.252 e. The number of thiophene rings is 2. The Bertz CT molecular complexity index is 572. The van der Waals surface area contributed by atoms with Gasteiger partial charge in [-0.1, -0.05) is 13.0 Å². The van der Waals surface area contributed by atoms with Gasteiger partial charge in [0.15, 0.2) is 0 Å². The molecule has 1 unspecified atom stereocenters. The van der Waals surface area contributed by atoms with Crippen molar-refractivity contribution < 1.29 is 4.79 Å². The highest BCUT2D eigenvalue weighted by molar-refractivity contribution is 7.10. The lowest BCUT2D eigenvalue weighted by atomic mass is 9.97. The molecule has 3 rings (SSSR count). The summed E-state index contributed by atoms with van der Waals surface area (Å²) >= 11 is 3.34. The Labute approximate surface area is 140 Å². The Morgan fingerprint density at radius 3 is 2.82 bits per heavy atom. The van der Waals surface area contributed by atoms with Crippen molar-refractivity contribution in [3.8, 4) is 0 Å². The second kappa shape index (κ2) is 7.40. The van der Waals surface area contributed by atoms with E-state index in [0.717, 1.165) is 24.6 Å². The van der Waals surface area contributed by atoms with Gasteiger partial charge in [0.1, 0.15) is 0 Å². The lowest BCUT2D eigenvalue weighted by molar-refractivity contribution is 0.0915. The molecule has 1 aliphatic rings. The number of hydrogen-bond acceptors (Lipinski definition) is 4. The zero-order valence-electron chi connectivity index (χ0n) is 12.8. The maximum absolute atomic E-state index is 12.2. The second-order valence-corrected chi connectivity index (χ2v) is 7.73. The molecule has 118 valence electrons. The SMILES string of the molecule is CC1CCN(C(CNC(=O)c2ccsc2)c2cccs2)CC1. The van der Waals surface area contributed by atoms with E-state index in [9.17, 15) is 4.79 Å². The minimum Gasteiger partial charge on any atom is -0.350 e. The van der Waals surface area contributed by atoms with E-state index < -0.39 is 0 Å². The zero-order valence-corrected chi connectivity index (χ0v) is 14.5. The van der Waals surface area contributed by atoms with Crippen molar-refractivity contribution in [1.29, 1.82) is 0 Å². The topological polar surface area (TPSA) is 32.3 Å². The van der Waals surface area contributed by atoms with Crippen LogP contribution >= 0.6 is 22.7 Å². The quantitative estimate of drug-likeness (QED) is 0.896. The normalized spacial score (nSPS) is 18.2. The Hall–Kier alpha value is -1.17. The van der Waals surface area contributed by atoms with Crippen LogP contribution in [-0.2, 0) is 0 Å². The number of hydrogen-bond donors (Lipinski definition) is 1. The minimum atomic E-state index is 0.0354. The van der Waals surface area contributed by atoms with Gasteiger partial charge in [0.05, 0.1) is 6.04 Å². The van der Waals surface area contributed by atoms with E-state index in [1.54, 1.807) is 22.7 Å². The molecule has 2 aromatic rings. The third-order valence-corrected chi connectivity index (χ3v) is 6.03. The summed E-state index contributed by atoms with van der Waals surface area (Å²) in [5.74, 6) is 0.855. The molecule has 3 heterocycles. The average molecular weight is 335 g/mol. The number of carbonyl (C=O) groups excluding carboxylic acids is 1. The van der Waals surface area contributed by atoms with E-state index >= 15 is 0 Å². The second-order valence-electron chi connectivity index (χ2n) is 5.97. The van der Waals surface area contributed by atoms with Crippen LogP contribution in [0.1, 0.15) is 41.0 Å². The van der Waals surface area contributed by atoms with Gasteiger partial charge in [-0.3, -0.25) is 9.69 Å². The Balaban J connectivity index is 1.65.